The minimum atomic E-state index is 0.0789. The summed E-state index contributed by atoms with van der Waals surface area (Å²) >= 11 is 0. The molecule has 5 N–H and O–H groups in total. The van der Waals surface area contributed by atoms with E-state index in [2.05, 4.69) is 15.6 Å². The van der Waals surface area contributed by atoms with E-state index in [0.29, 0.717) is 53.2 Å². The van der Waals surface area contributed by atoms with Crippen LogP contribution in [0.4, 0.5) is 40.3 Å². The molecule has 4 heterocycles. The maximum atomic E-state index is 11.1. The zero-order valence-corrected chi connectivity index (χ0v) is 30.5. The van der Waals surface area contributed by atoms with Crippen LogP contribution in [0.2, 0.25) is 0 Å². The highest BCUT2D eigenvalue weighted by Crippen LogP contribution is 2.36. The summed E-state index contributed by atoms with van der Waals surface area (Å²) < 4.78 is 0. The summed E-state index contributed by atoms with van der Waals surface area (Å²) in [5.74, 6) is 1.17. The normalized spacial score (nSPS) is 13.6. The second kappa shape index (κ2) is 13.9. The number of phenolic OH excluding ortho intramolecular Hbond substituents is 3. The molecule has 1 aromatic heterocycles. The van der Waals surface area contributed by atoms with E-state index in [-0.39, 0.29) is 35.6 Å². The molecule has 10 rings (SSSR count). The molecule has 0 atom stereocenters. The predicted molar refractivity (Wildman–Crippen MR) is 223 cm³/mol. The van der Waals surface area contributed by atoms with Gasteiger partial charge in [0.2, 0.25) is 11.9 Å². The lowest BCUT2D eigenvalue weighted by atomic mass is 10.0. The van der Waals surface area contributed by atoms with E-state index in [1.54, 1.807) is 18.2 Å². The van der Waals surface area contributed by atoms with Gasteiger partial charge in [0.25, 0.3) is 0 Å². The molecule has 7 aromatic rings. The molecule has 3 aliphatic heterocycles. The lowest BCUT2D eigenvalue weighted by Crippen LogP contribution is -2.09. The number of aromatic hydroxyl groups is 3. The number of nitrogens with zero attached hydrogens (tertiary/aromatic N) is 6. The van der Waals surface area contributed by atoms with E-state index in [4.69, 9.17) is 24.9 Å². The third-order valence-electron chi connectivity index (χ3n) is 10.4. The lowest BCUT2D eigenvalue weighted by Gasteiger charge is -2.13. The fourth-order valence-corrected chi connectivity index (χ4v) is 7.56. The van der Waals surface area contributed by atoms with Crippen LogP contribution in [-0.4, -0.2) is 47.4 Å². The molecule has 0 fully saturated rings. The fourth-order valence-electron chi connectivity index (χ4n) is 7.56. The molecule has 0 saturated heterocycles. The number of para-hydroxylation sites is 3. The first-order valence-electron chi connectivity index (χ1n) is 18.6. The number of hydrogen-bond acceptors (Lipinski definition) is 11. The van der Waals surface area contributed by atoms with Gasteiger partial charge in [0, 0.05) is 65.9 Å². The first kappa shape index (κ1) is 33.9. The smallest absolute Gasteiger partial charge is 0.232 e. The number of benzene rings is 6. The molecule has 3 aliphatic rings. The number of aromatic nitrogens is 3. The zero-order chi connectivity index (χ0) is 38.5. The van der Waals surface area contributed by atoms with Crippen molar-refractivity contribution in [1.29, 1.82) is 0 Å². The second-order valence-electron chi connectivity index (χ2n) is 14.2. The number of nitrogens with one attached hydrogen (secondary N) is 2. The Kier molecular flexibility index (Phi) is 8.25. The number of fused-ring (bicyclic) bond motifs is 3. The van der Waals surface area contributed by atoms with Crippen LogP contribution in [-0.2, 0) is 25.7 Å². The fraction of sp³-hybridized carbons (Fsp3) is 0.0870. The van der Waals surface area contributed by atoms with Crippen molar-refractivity contribution in [2.24, 2.45) is 15.0 Å². The van der Waals surface area contributed by atoms with E-state index >= 15 is 0 Å². The molecule has 0 saturated carbocycles. The van der Waals surface area contributed by atoms with Crippen LogP contribution in [0.1, 0.15) is 44.8 Å². The van der Waals surface area contributed by atoms with Crippen LogP contribution in [0, 0.1) is 0 Å². The van der Waals surface area contributed by atoms with Crippen LogP contribution in [0.5, 0.6) is 17.2 Å². The van der Waals surface area contributed by atoms with E-state index in [1.165, 1.54) is 0 Å². The largest absolute Gasteiger partial charge is 0.507 e. The second-order valence-corrected chi connectivity index (χ2v) is 14.2. The van der Waals surface area contributed by atoms with Crippen molar-refractivity contribution in [3.8, 4) is 17.2 Å². The van der Waals surface area contributed by atoms with Gasteiger partial charge < -0.3 is 26.0 Å². The Hall–Kier alpha value is -7.66. The summed E-state index contributed by atoms with van der Waals surface area (Å²) in [6.07, 6.45) is 2.21. The molecule has 0 bridgehead atoms. The Morgan fingerprint density at radius 1 is 0.439 bits per heavy atom. The van der Waals surface area contributed by atoms with Crippen molar-refractivity contribution in [2.45, 2.75) is 25.7 Å². The van der Waals surface area contributed by atoms with Crippen LogP contribution in [0.25, 0.3) is 0 Å². The van der Waals surface area contributed by atoms with E-state index in [1.807, 2.05) is 109 Å². The van der Waals surface area contributed by atoms with Crippen molar-refractivity contribution in [3.63, 3.8) is 0 Å². The van der Waals surface area contributed by atoms with Gasteiger partial charge in [-0.25, -0.2) is 0 Å². The molecule has 57 heavy (non-hydrogen) atoms. The molecule has 11 nitrogen and oxygen atoms in total. The molecular weight excluding hydrogens is 713 g/mol. The number of rotatable bonds is 9. The molecule has 0 unspecified atom stereocenters. The van der Waals surface area contributed by atoms with Crippen LogP contribution in [0.15, 0.2) is 142 Å². The van der Waals surface area contributed by atoms with Gasteiger partial charge in [-0.1, -0.05) is 60.7 Å². The first-order chi connectivity index (χ1) is 27.9. The van der Waals surface area contributed by atoms with Crippen LogP contribution in [0.3, 0.4) is 0 Å². The molecule has 276 valence electrons. The van der Waals surface area contributed by atoms with Gasteiger partial charge in [-0.2, -0.15) is 15.0 Å². The van der Waals surface area contributed by atoms with Crippen molar-refractivity contribution >= 4 is 57.5 Å². The van der Waals surface area contributed by atoms with E-state index < -0.39 is 0 Å². The predicted octanol–water partition coefficient (Wildman–Crippen LogP) is 9.10. The van der Waals surface area contributed by atoms with Crippen molar-refractivity contribution < 1.29 is 15.3 Å². The van der Waals surface area contributed by atoms with Gasteiger partial charge in [-0.3, -0.25) is 15.0 Å². The van der Waals surface area contributed by atoms with Crippen LogP contribution >= 0.6 is 0 Å². The topological polar surface area (TPSA) is 160 Å². The quantitative estimate of drug-likeness (QED) is 0.0978. The van der Waals surface area contributed by atoms with Gasteiger partial charge in [0.05, 0.1) is 34.2 Å². The van der Waals surface area contributed by atoms with E-state index in [0.717, 1.165) is 56.5 Å². The van der Waals surface area contributed by atoms with Crippen molar-refractivity contribution in [3.05, 3.63) is 172 Å². The van der Waals surface area contributed by atoms with Gasteiger partial charge in [-0.05, 0) is 76.9 Å². The molecular formula is C46H34N8O3. The van der Waals surface area contributed by atoms with Gasteiger partial charge in [-0.15, -0.1) is 0 Å². The van der Waals surface area contributed by atoms with Crippen LogP contribution < -0.4 is 10.6 Å². The number of phenols is 3. The average molecular weight is 747 g/mol. The van der Waals surface area contributed by atoms with Gasteiger partial charge in [0.1, 0.15) is 23.1 Å². The highest BCUT2D eigenvalue weighted by molar-refractivity contribution is 6.10. The van der Waals surface area contributed by atoms with E-state index in [9.17, 15) is 15.3 Å². The molecule has 0 spiro atoms. The summed E-state index contributed by atoms with van der Waals surface area (Å²) in [5, 5.41) is 39.8. The third kappa shape index (κ3) is 6.71. The highest BCUT2D eigenvalue weighted by Gasteiger charge is 2.22. The third-order valence-corrected chi connectivity index (χ3v) is 10.4. The standard InChI is InChI=1S/C46H34N8O3/c55-41-19-26(13-16-32(41)38-21-27-7-1-4-10-35(27)49-38)20-44-52-45(47-30-14-17-33(42(56)24-30)39-22-28-8-2-5-11-36(28)50-39)54-46(53-44)48-31-15-18-34(43(57)25-31)40-23-29-9-3-6-12-37(29)51-40/h1-19,24-25,55-57H,20-23H2,(H2,47,48,52,53,54). The molecule has 0 amide bonds. The maximum Gasteiger partial charge on any atom is 0.232 e. The lowest BCUT2D eigenvalue weighted by molar-refractivity contribution is 0.473. The Balaban J connectivity index is 0.930. The Morgan fingerprint density at radius 3 is 1.25 bits per heavy atom. The number of hydrogen-bond donors (Lipinski definition) is 5. The van der Waals surface area contributed by atoms with Crippen molar-refractivity contribution in [1.82, 2.24) is 15.0 Å². The van der Waals surface area contributed by atoms with Gasteiger partial charge in [0.15, 0.2) is 0 Å². The molecule has 11 heteroatoms. The average Bonchev–Trinajstić information content (AvgIpc) is 3.95. The number of aliphatic imine (C=N–C) groups is 3. The Morgan fingerprint density at radius 2 is 0.842 bits per heavy atom. The van der Waals surface area contributed by atoms with Gasteiger partial charge >= 0.3 is 0 Å². The maximum absolute atomic E-state index is 11.1. The summed E-state index contributed by atoms with van der Waals surface area (Å²) in [7, 11) is 0. The summed E-state index contributed by atoms with van der Waals surface area (Å²) in [6.45, 7) is 0. The zero-order valence-electron chi connectivity index (χ0n) is 30.5. The summed E-state index contributed by atoms with van der Waals surface area (Å²) in [6, 6.07) is 40.0. The Bertz CT molecular complexity index is 2550. The SMILES string of the molecule is Oc1cc(Cc2nc(Nc3ccc(C4=Nc5ccccc5C4)c(O)c3)nc(Nc3ccc(C4=Nc5ccccc5C4)c(O)c3)n2)ccc1C1=Nc2ccccc2C1. The monoisotopic (exact) mass is 746 g/mol. The Labute approximate surface area is 327 Å². The minimum Gasteiger partial charge on any atom is -0.507 e. The minimum absolute atomic E-state index is 0.0789. The molecule has 6 aromatic carbocycles. The number of anilines is 4. The summed E-state index contributed by atoms with van der Waals surface area (Å²) in [5.41, 5.74) is 12.4. The highest BCUT2D eigenvalue weighted by atomic mass is 16.3. The summed E-state index contributed by atoms with van der Waals surface area (Å²) in [4.78, 5) is 28.3. The van der Waals surface area contributed by atoms with Crippen molar-refractivity contribution in [2.75, 3.05) is 10.6 Å². The first-order valence-corrected chi connectivity index (χ1v) is 18.6. The molecule has 0 aliphatic carbocycles. The molecule has 0 radical (unpaired) electrons.